The summed E-state index contributed by atoms with van der Waals surface area (Å²) in [5.41, 5.74) is 5.81. The lowest BCUT2D eigenvalue weighted by atomic mass is 10.1. The Morgan fingerprint density at radius 1 is 1.03 bits per heavy atom. The number of para-hydroxylation sites is 1. The van der Waals surface area contributed by atoms with Crippen LogP contribution in [0.1, 0.15) is 32.2 Å². The van der Waals surface area contributed by atoms with Crippen LogP contribution in [0, 0.1) is 19.7 Å². The van der Waals surface area contributed by atoms with Crippen molar-refractivity contribution in [1.29, 1.82) is 0 Å². The molecule has 8 nitrogen and oxygen atoms in total. The van der Waals surface area contributed by atoms with E-state index in [9.17, 15) is 18.8 Å². The standard InChI is InChI=1S/C22H18FN5O3/c1-12-7-9-14(10-8-12)17(29)11-27-19-18(20(24)30)25-13(2)26-21(19)28(22(27)31)16-6-4-3-5-15(16)23/h3-10H,11H2,1-2H3,(H2,24,30). The van der Waals surface area contributed by atoms with Crippen LogP contribution >= 0.6 is 0 Å². The van der Waals surface area contributed by atoms with Gasteiger partial charge in [-0.2, -0.15) is 0 Å². The molecule has 2 heterocycles. The molecule has 0 bridgehead atoms. The zero-order valence-electron chi connectivity index (χ0n) is 16.8. The number of aryl methyl sites for hydroxylation is 2. The van der Waals surface area contributed by atoms with Crippen molar-refractivity contribution in [2.45, 2.75) is 20.4 Å². The van der Waals surface area contributed by atoms with Gasteiger partial charge in [0.2, 0.25) is 0 Å². The molecule has 0 atom stereocenters. The van der Waals surface area contributed by atoms with Crippen molar-refractivity contribution in [3.8, 4) is 5.69 Å². The molecule has 0 spiro atoms. The molecule has 2 N–H and O–H groups in total. The maximum atomic E-state index is 14.5. The molecule has 2 aromatic carbocycles. The molecular formula is C22H18FN5O3. The Hall–Kier alpha value is -4.14. The van der Waals surface area contributed by atoms with Crippen molar-refractivity contribution in [1.82, 2.24) is 19.1 Å². The minimum Gasteiger partial charge on any atom is -0.364 e. The van der Waals surface area contributed by atoms with Crippen LogP contribution in [0.5, 0.6) is 0 Å². The third-order valence-corrected chi connectivity index (χ3v) is 4.88. The van der Waals surface area contributed by atoms with Crippen LogP contribution in [0.25, 0.3) is 16.9 Å². The first-order valence-electron chi connectivity index (χ1n) is 9.42. The summed E-state index contributed by atoms with van der Waals surface area (Å²) < 4.78 is 16.6. The molecule has 0 aliphatic rings. The molecule has 0 radical (unpaired) electrons. The van der Waals surface area contributed by atoms with Gasteiger partial charge in [-0.15, -0.1) is 0 Å². The third-order valence-electron chi connectivity index (χ3n) is 4.88. The number of nitrogens with zero attached hydrogens (tertiary/aromatic N) is 4. The number of hydrogen-bond donors (Lipinski definition) is 1. The summed E-state index contributed by atoms with van der Waals surface area (Å²) in [6.45, 7) is 3.02. The molecule has 156 valence electrons. The predicted octanol–water partition coefficient (Wildman–Crippen LogP) is 2.32. The van der Waals surface area contributed by atoms with Crippen molar-refractivity contribution in [3.05, 3.63) is 87.5 Å². The lowest BCUT2D eigenvalue weighted by Crippen LogP contribution is -2.27. The second-order valence-corrected chi connectivity index (χ2v) is 7.10. The number of hydrogen-bond acceptors (Lipinski definition) is 5. The first-order chi connectivity index (χ1) is 14.8. The van der Waals surface area contributed by atoms with E-state index in [1.54, 1.807) is 30.3 Å². The average Bonchev–Trinajstić information content (AvgIpc) is 2.99. The van der Waals surface area contributed by atoms with E-state index in [1.165, 1.54) is 25.1 Å². The predicted molar refractivity (Wildman–Crippen MR) is 112 cm³/mol. The topological polar surface area (TPSA) is 113 Å². The summed E-state index contributed by atoms with van der Waals surface area (Å²) in [5, 5.41) is 0. The fraction of sp³-hybridized carbons (Fsp3) is 0.136. The second kappa shape index (κ2) is 7.60. The molecular weight excluding hydrogens is 401 g/mol. The Labute approximate surface area is 175 Å². The van der Waals surface area contributed by atoms with Gasteiger partial charge in [0.05, 0.1) is 12.2 Å². The van der Waals surface area contributed by atoms with Gasteiger partial charge in [0, 0.05) is 5.56 Å². The molecule has 0 saturated heterocycles. The van der Waals surface area contributed by atoms with Gasteiger partial charge in [0.25, 0.3) is 5.91 Å². The van der Waals surface area contributed by atoms with Gasteiger partial charge >= 0.3 is 5.69 Å². The van der Waals surface area contributed by atoms with Crippen molar-refractivity contribution in [2.24, 2.45) is 5.73 Å². The molecule has 2 aromatic heterocycles. The SMILES string of the molecule is Cc1ccc(C(=O)Cn2c(=O)n(-c3ccccc3F)c3nc(C)nc(C(N)=O)c32)cc1. The zero-order valence-corrected chi connectivity index (χ0v) is 16.8. The fourth-order valence-corrected chi connectivity index (χ4v) is 3.41. The molecule has 4 rings (SSSR count). The fourth-order valence-electron chi connectivity index (χ4n) is 3.41. The van der Waals surface area contributed by atoms with Crippen molar-refractivity contribution in [2.75, 3.05) is 0 Å². The number of ketones is 1. The Kier molecular flexibility index (Phi) is 4.94. The molecule has 9 heteroatoms. The minimum absolute atomic E-state index is 0.00638. The Balaban J connectivity index is 2.00. The van der Waals surface area contributed by atoms with Crippen LogP contribution in [-0.2, 0) is 6.54 Å². The molecule has 0 aliphatic carbocycles. The maximum Gasteiger partial charge on any atom is 0.335 e. The summed E-state index contributed by atoms with van der Waals surface area (Å²) in [6, 6.07) is 12.5. The highest BCUT2D eigenvalue weighted by Gasteiger charge is 2.25. The van der Waals surface area contributed by atoms with Gasteiger partial charge < -0.3 is 5.73 Å². The minimum atomic E-state index is -0.891. The van der Waals surface area contributed by atoms with Gasteiger partial charge in [0.15, 0.2) is 17.1 Å². The highest BCUT2D eigenvalue weighted by molar-refractivity contribution is 6.03. The van der Waals surface area contributed by atoms with Crippen molar-refractivity contribution >= 4 is 22.9 Å². The first kappa shape index (κ1) is 20.1. The van der Waals surface area contributed by atoms with Crippen LogP contribution in [0.4, 0.5) is 4.39 Å². The summed E-state index contributed by atoms with van der Waals surface area (Å²) in [5.74, 6) is -1.75. The number of carbonyl (C=O) groups is 2. The monoisotopic (exact) mass is 419 g/mol. The second-order valence-electron chi connectivity index (χ2n) is 7.10. The van der Waals surface area contributed by atoms with E-state index in [1.807, 2.05) is 6.92 Å². The highest BCUT2D eigenvalue weighted by atomic mass is 19.1. The number of amides is 1. The van der Waals surface area contributed by atoms with E-state index in [-0.39, 0.29) is 34.2 Å². The van der Waals surface area contributed by atoms with Crippen molar-refractivity contribution in [3.63, 3.8) is 0 Å². The van der Waals surface area contributed by atoms with Gasteiger partial charge in [-0.3, -0.25) is 14.2 Å². The van der Waals surface area contributed by atoms with Crippen LogP contribution in [0.2, 0.25) is 0 Å². The average molecular weight is 419 g/mol. The Morgan fingerprint density at radius 3 is 2.35 bits per heavy atom. The van der Waals surface area contributed by atoms with Crippen LogP contribution in [0.15, 0.2) is 53.3 Å². The molecule has 1 amide bonds. The van der Waals surface area contributed by atoms with Crippen LogP contribution in [-0.4, -0.2) is 30.8 Å². The van der Waals surface area contributed by atoms with Gasteiger partial charge in [-0.05, 0) is 26.0 Å². The molecule has 0 saturated carbocycles. The molecule has 0 unspecified atom stereocenters. The number of carbonyl (C=O) groups excluding carboxylic acids is 2. The van der Waals surface area contributed by atoms with Gasteiger partial charge in [-0.1, -0.05) is 42.0 Å². The summed E-state index contributed by atoms with van der Waals surface area (Å²) >= 11 is 0. The number of benzene rings is 2. The van der Waals surface area contributed by atoms with E-state index in [0.29, 0.717) is 5.56 Å². The first-order valence-corrected chi connectivity index (χ1v) is 9.42. The van der Waals surface area contributed by atoms with E-state index in [2.05, 4.69) is 9.97 Å². The smallest absolute Gasteiger partial charge is 0.335 e. The summed E-state index contributed by atoms with van der Waals surface area (Å²) in [6.07, 6.45) is 0. The summed E-state index contributed by atoms with van der Waals surface area (Å²) in [7, 11) is 0. The zero-order chi connectivity index (χ0) is 22.3. The lowest BCUT2D eigenvalue weighted by Gasteiger charge is -2.06. The number of Topliss-reactive ketones (excluding diaryl/α,β-unsaturated/α-hetero) is 1. The number of nitrogens with two attached hydrogens (primary N) is 1. The van der Waals surface area contributed by atoms with Crippen LogP contribution in [0.3, 0.4) is 0 Å². The quantitative estimate of drug-likeness (QED) is 0.499. The number of primary amides is 1. The van der Waals surface area contributed by atoms with E-state index in [0.717, 1.165) is 14.7 Å². The van der Waals surface area contributed by atoms with Crippen molar-refractivity contribution < 1.29 is 14.0 Å². The lowest BCUT2D eigenvalue weighted by molar-refractivity contribution is 0.0966. The Morgan fingerprint density at radius 2 is 1.71 bits per heavy atom. The summed E-state index contributed by atoms with van der Waals surface area (Å²) in [4.78, 5) is 46.6. The van der Waals surface area contributed by atoms with E-state index < -0.39 is 24.0 Å². The molecule has 0 aliphatic heterocycles. The Bertz CT molecular complexity index is 1400. The molecule has 4 aromatic rings. The third kappa shape index (κ3) is 3.50. The number of imidazole rings is 1. The van der Waals surface area contributed by atoms with E-state index in [4.69, 9.17) is 5.73 Å². The molecule has 0 fully saturated rings. The maximum absolute atomic E-state index is 14.5. The van der Waals surface area contributed by atoms with Crippen LogP contribution < -0.4 is 11.4 Å². The van der Waals surface area contributed by atoms with E-state index >= 15 is 0 Å². The largest absolute Gasteiger partial charge is 0.364 e. The number of rotatable bonds is 5. The molecule has 31 heavy (non-hydrogen) atoms. The number of aromatic nitrogens is 4. The number of halogens is 1. The normalized spacial score (nSPS) is 11.1. The van der Waals surface area contributed by atoms with Gasteiger partial charge in [0.1, 0.15) is 17.2 Å². The van der Waals surface area contributed by atoms with Gasteiger partial charge in [-0.25, -0.2) is 23.7 Å². The highest BCUT2D eigenvalue weighted by Crippen LogP contribution is 2.21. The number of fused-ring (bicyclic) bond motifs is 1.